The van der Waals surface area contributed by atoms with Gasteiger partial charge in [-0.2, -0.15) is 18.1 Å². The molecule has 2 aliphatic heterocycles. The van der Waals surface area contributed by atoms with Crippen LogP contribution < -0.4 is 4.74 Å². The minimum Gasteiger partial charge on any atom is -0.452 e. The van der Waals surface area contributed by atoms with Crippen LogP contribution in [0.2, 0.25) is 5.02 Å². The molecular weight excluding hydrogens is 566 g/mol. The van der Waals surface area contributed by atoms with Crippen molar-refractivity contribution in [2.75, 3.05) is 37.9 Å². The van der Waals surface area contributed by atoms with Gasteiger partial charge in [0.2, 0.25) is 0 Å². The molecule has 4 heterocycles. The van der Waals surface area contributed by atoms with E-state index in [0.717, 1.165) is 16.7 Å². The lowest BCUT2D eigenvalue weighted by atomic mass is 10.0. The molecule has 0 unspecified atom stereocenters. The summed E-state index contributed by atoms with van der Waals surface area (Å²) >= 11 is 6.51. The lowest BCUT2D eigenvalue weighted by Crippen LogP contribution is -2.43. The minimum atomic E-state index is -3.37. The van der Waals surface area contributed by atoms with E-state index in [0.29, 0.717) is 46.6 Å². The number of halogens is 3. The highest BCUT2D eigenvalue weighted by Gasteiger charge is 2.55. The first-order valence-electron chi connectivity index (χ1n) is 12.6. The van der Waals surface area contributed by atoms with Gasteiger partial charge in [0.25, 0.3) is 6.01 Å². The third-order valence-electron chi connectivity index (χ3n) is 6.86. The van der Waals surface area contributed by atoms with E-state index in [1.165, 1.54) is 0 Å². The second-order valence-corrected chi connectivity index (χ2v) is 12.5. The number of imidazole rings is 1. The van der Waals surface area contributed by atoms with Crippen LogP contribution in [0.3, 0.4) is 0 Å². The molecule has 13 heteroatoms. The Morgan fingerprint density at radius 3 is 2.38 bits per heavy atom. The van der Waals surface area contributed by atoms with E-state index in [2.05, 4.69) is 19.3 Å². The fourth-order valence-electron chi connectivity index (χ4n) is 4.61. The molecule has 2 saturated heterocycles. The maximum Gasteiger partial charge on any atom is 0.314 e. The fraction of sp³-hybridized carbons (Fsp3) is 0.333. The van der Waals surface area contributed by atoms with E-state index in [1.54, 1.807) is 6.07 Å². The number of H-pyrrole nitrogens is 1. The number of aromatic amines is 1. The molecular formula is C27H25ClF2N4O5S. The van der Waals surface area contributed by atoms with E-state index < -0.39 is 34.5 Å². The third kappa shape index (κ3) is 5.29. The van der Waals surface area contributed by atoms with Crippen molar-refractivity contribution in [1.29, 1.82) is 0 Å². The molecule has 2 aromatic carbocycles. The van der Waals surface area contributed by atoms with Gasteiger partial charge in [-0.25, -0.2) is 9.19 Å². The smallest absolute Gasteiger partial charge is 0.314 e. The quantitative estimate of drug-likeness (QED) is 0.329. The second-order valence-electron chi connectivity index (χ2n) is 9.53. The van der Waals surface area contributed by atoms with Crippen LogP contribution in [-0.2, 0) is 19.2 Å². The topological polar surface area (TPSA) is 119 Å². The van der Waals surface area contributed by atoms with Gasteiger partial charge in [0.15, 0.2) is 11.8 Å². The molecule has 0 spiro atoms. The SMILES string of the molecule is O=S1(=Nc2ccc(-c3ccc(-c4nc5nc(O[C@@H]6CO[C@H](CO)C6(F)F)[nH]c5cc4Cl)cc3)cc2)CCOCC1. The van der Waals surface area contributed by atoms with E-state index >= 15 is 0 Å². The first-order chi connectivity index (χ1) is 19.2. The zero-order valence-electron chi connectivity index (χ0n) is 21.1. The first-order valence-corrected chi connectivity index (χ1v) is 14.8. The van der Waals surface area contributed by atoms with Crippen LogP contribution in [-0.4, -0.2) is 80.3 Å². The summed E-state index contributed by atoms with van der Waals surface area (Å²) in [6.07, 6.45) is -3.22. The van der Waals surface area contributed by atoms with Gasteiger partial charge in [-0.05, 0) is 29.3 Å². The number of aliphatic hydroxyl groups is 1. The first kappa shape index (κ1) is 27.0. The van der Waals surface area contributed by atoms with Crippen molar-refractivity contribution in [3.05, 3.63) is 59.6 Å². The van der Waals surface area contributed by atoms with Crippen LogP contribution in [0.15, 0.2) is 59.0 Å². The Kier molecular flexibility index (Phi) is 7.21. The lowest BCUT2D eigenvalue weighted by Gasteiger charge is -2.20. The van der Waals surface area contributed by atoms with Crippen molar-refractivity contribution < 1.29 is 32.3 Å². The van der Waals surface area contributed by atoms with Gasteiger partial charge in [0, 0.05) is 5.56 Å². The molecule has 2 fully saturated rings. The summed E-state index contributed by atoms with van der Waals surface area (Å²) in [6, 6.07) is 16.7. The maximum atomic E-state index is 14.3. The van der Waals surface area contributed by atoms with E-state index in [1.807, 2.05) is 48.5 Å². The zero-order chi connectivity index (χ0) is 27.9. The maximum absolute atomic E-state index is 14.3. The van der Waals surface area contributed by atoms with Gasteiger partial charge < -0.3 is 24.3 Å². The Hall–Kier alpha value is -3.16. The van der Waals surface area contributed by atoms with Gasteiger partial charge in [-0.1, -0.05) is 48.0 Å². The zero-order valence-corrected chi connectivity index (χ0v) is 22.6. The van der Waals surface area contributed by atoms with Crippen molar-refractivity contribution in [2.24, 2.45) is 4.36 Å². The van der Waals surface area contributed by atoms with Crippen LogP contribution in [0.25, 0.3) is 33.5 Å². The summed E-state index contributed by atoms with van der Waals surface area (Å²) < 4.78 is 61.5. The molecule has 0 aliphatic carbocycles. The van der Waals surface area contributed by atoms with Gasteiger partial charge in [-0.15, -0.1) is 0 Å². The fourth-order valence-corrected chi connectivity index (χ4v) is 6.52. The average Bonchev–Trinajstić information content (AvgIpc) is 3.47. The molecule has 0 radical (unpaired) electrons. The van der Waals surface area contributed by atoms with E-state index in [4.69, 9.17) is 30.9 Å². The Labute approximate surface area is 233 Å². The number of pyridine rings is 1. The number of aromatic nitrogens is 3. The summed E-state index contributed by atoms with van der Waals surface area (Å²) in [4.78, 5) is 11.5. The van der Waals surface area contributed by atoms with Crippen LogP contribution in [0.5, 0.6) is 6.01 Å². The molecule has 6 rings (SSSR count). The third-order valence-corrected chi connectivity index (χ3v) is 9.30. The van der Waals surface area contributed by atoms with Crippen molar-refractivity contribution >= 4 is 38.2 Å². The number of benzene rings is 2. The highest BCUT2D eigenvalue weighted by atomic mass is 35.5. The standard InChI is InChI=1S/C27H25ClF2N4O5S/c28-20-13-21-25(33-26(31-21)39-23-15-38-22(14-35)27(23,29)30)32-24(20)18-3-1-16(2-4-18)17-5-7-19(8-6-17)34-40(36)11-9-37-10-12-40/h1-8,13,22-23,35H,9-12,14-15H2,(H,31,32,33)/t22-,23-/m1/s1. The number of aliphatic hydroxyl groups excluding tert-OH is 1. The summed E-state index contributed by atoms with van der Waals surface area (Å²) in [5, 5.41) is 9.45. The Bertz CT molecular complexity index is 1640. The number of alkyl halides is 2. The van der Waals surface area contributed by atoms with Gasteiger partial charge in [0.1, 0.15) is 6.10 Å². The van der Waals surface area contributed by atoms with Crippen LogP contribution >= 0.6 is 11.6 Å². The van der Waals surface area contributed by atoms with Gasteiger partial charge >= 0.3 is 5.92 Å². The van der Waals surface area contributed by atoms with Gasteiger partial charge in [0.05, 0.1) is 69.6 Å². The summed E-state index contributed by atoms with van der Waals surface area (Å²) in [5.41, 5.74) is 4.49. The van der Waals surface area contributed by atoms with Crippen LogP contribution in [0, 0.1) is 0 Å². The molecule has 2 aliphatic rings. The molecule has 4 aromatic rings. The number of fused-ring (bicyclic) bond motifs is 1. The molecule has 40 heavy (non-hydrogen) atoms. The monoisotopic (exact) mass is 590 g/mol. The van der Waals surface area contributed by atoms with Crippen LogP contribution in [0.4, 0.5) is 14.5 Å². The Morgan fingerprint density at radius 2 is 1.73 bits per heavy atom. The van der Waals surface area contributed by atoms with E-state index in [9.17, 15) is 13.0 Å². The van der Waals surface area contributed by atoms with Crippen molar-refractivity contribution in [1.82, 2.24) is 15.0 Å². The normalized spacial score (nSPS) is 21.9. The van der Waals surface area contributed by atoms with Crippen molar-refractivity contribution in [2.45, 2.75) is 18.1 Å². The molecule has 2 aromatic heterocycles. The predicted octanol–water partition coefficient (Wildman–Crippen LogP) is 4.85. The Morgan fingerprint density at radius 1 is 1.07 bits per heavy atom. The molecule has 0 amide bonds. The number of rotatable bonds is 6. The highest BCUT2D eigenvalue weighted by molar-refractivity contribution is 7.93. The molecule has 0 saturated carbocycles. The Balaban J connectivity index is 1.20. The highest BCUT2D eigenvalue weighted by Crippen LogP contribution is 2.36. The largest absolute Gasteiger partial charge is 0.452 e. The molecule has 2 atom stereocenters. The van der Waals surface area contributed by atoms with Crippen molar-refractivity contribution in [3.63, 3.8) is 0 Å². The molecule has 0 bridgehead atoms. The summed E-state index contributed by atoms with van der Waals surface area (Å²) in [6.45, 7) is -0.260. The predicted molar refractivity (Wildman–Crippen MR) is 147 cm³/mol. The number of hydrogen-bond acceptors (Lipinski definition) is 8. The number of ether oxygens (including phenoxy) is 3. The summed E-state index contributed by atoms with van der Waals surface area (Å²) in [7, 11) is -2.27. The number of nitrogens with zero attached hydrogens (tertiary/aromatic N) is 3. The summed E-state index contributed by atoms with van der Waals surface area (Å²) in [5.74, 6) is -2.48. The number of hydrogen-bond donors (Lipinski definition) is 2. The average molecular weight is 591 g/mol. The van der Waals surface area contributed by atoms with Crippen molar-refractivity contribution in [3.8, 4) is 28.4 Å². The van der Waals surface area contributed by atoms with E-state index in [-0.39, 0.29) is 18.3 Å². The van der Waals surface area contributed by atoms with Crippen LogP contribution in [0.1, 0.15) is 0 Å². The minimum absolute atomic E-state index is 0.144. The number of nitrogens with one attached hydrogen (secondary N) is 1. The molecule has 2 N–H and O–H groups in total. The molecule has 9 nitrogen and oxygen atoms in total. The van der Waals surface area contributed by atoms with Gasteiger partial charge in [-0.3, -0.25) is 0 Å². The molecule has 210 valence electrons. The second kappa shape index (κ2) is 10.7. The lowest BCUT2D eigenvalue weighted by molar-refractivity contribution is -0.118.